The molecule has 27 heavy (non-hydrogen) atoms. The Morgan fingerprint density at radius 3 is 2.56 bits per heavy atom. The van der Waals surface area contributed by atoms with E-state index < -0.39 is 0 Å². The lowest BCUT2D eigenvalue weighted by Gasteiger charge is -2.35. The van der Waals surface area contributed by atoms with Crippen LogP contribution in [0.2, 0.25) is 0 Å². The maximum Gasteiger partial charge on any atom is 0.191 e. The van der Waals surface area contributed by atoms with Crippen molar-refractivity contribution in [3.8, 4) is 0 Å². The highest BCUT2D eigenvalue weighted by Gasteiger charge is 2.21. The molecule has 3 rings (SSSR count). The molecule has 2 aliphatic heterocycles. The normalized spacial score (nSPS) is 19.3. The molecule has 0 atom stereocenters. The van der Waals surface area contributed by atoms with Crippen LogP contribution in [0.15, 0.2) is 23.3 Å². The van der Waals surface area contributed by atoms with Crippen molar-refractivity contribution in [2.24, 2.45) is 4.99 Å². The van der Waals surface area contributed by atoms with E-state index in [4.69, 9.17) is 0 Å². The Hall–Kier alpha value is -1.09. The van der Waals surface area contributed by atoms with Gasteiger partial charge in [-0.05, 0) is 57.2 Å². The number of pyridine rings is 1. The minimum Gasteiger partial charge on any atom is -0.357 e. The molecule has 2 aliphatic rings. The van der Waals surface area contributed by atoms with Crippen LogP contribution in [0.5, 0.6) is 0 Å². The molecule has 6 nitrogen and oxygen atoms in total. The Labute approximate surface area is 181 Å². The highest BCUT2D eigenvalue weighted by molar-refractivity contribution is 14.0. The van der Waals surface area contributed by atoms with Crippen LogP contribution in [0.1, 0.15) is 45.1 Å². The highest BCUT2D eigenvalue weighted by Crippen LogP contribution is 2.18. The number of aromatic nitrogens is 1. The molecule has 0 bridgehead atoms. The molecule has 2 N–H and O–H groups in total. The SMILES string of the molecule is CN=C(NCc1ccnc(N2CCCC2)c1)NC1CCN(C(C)C)CC1.I. The van der Waals surface area contributed by atoms with Crippen molar-refractivity contribution in [2.75, 3.05) is 38.1 Å². The first-order chi connectivity index (χ1) is 12.7. The summed E-state index contributed by atoms with van der Waals surface area (Å²) in [5, 5.41) is 7.06. The van der Waals surface area contributed by atoms with Crippen molar-refractivity contribution in [3.05, 3.63) is 23.9 Å². The van der Waals surface area contributed by atoms with Crippen molar-refractivity contribution in [1.29, 1.82) is 0 Å². The number of aliphatic imine (C=N–C) groups is 1. The minimum absolute atomic E-state index is 0. The molecule has 2 saturated heterocycles. The fourth-order valence-electron chi connectivity index (χ4n) is 3.82. The van der Waals surface area contributed by atoms with Gasteiger partial charge in [0.1, 0.15) is 5.82 Å². The van der Waals surface area contributed by atoms with Crippen molar-refractivity contribution < 1.29 is 0 Å². The second-order valence-electron chi connectivity index (χ2n) is 7.69. The van der Waals surface area contributed by atoms with Gasteiger partial charge in [0.2, 0.25) is 0 Å². The first-order valence-electron chi connectivity index (χ1n) is 10.1. The summed E-state index contributed by atoms with van der Waals surface area (Å²) in [7, 11) is 1.85. The molecule has 0 aliphatic carbocycles. The zero-order valence-electron chi connectivity index (χ0n) is 16.9. The molecular weight excluding hydrogens is 451 g/mol. The summed E-state index contributed by atoms with van der Waals surface area (Å²) in [5.41, 5.74) is 1.25. The third-order valence-corrected chi connectivity index (χ3v) is 5.52. The number of nitrogens with zero attached hydrogens (tertiary/aromatic N) is 4. The Morgan fingerprint density at radius 1 is 1.22 bits per heavy atom. The van der Waals surface area contributed by atoms with Gasteiger partial charge < -0.3 is 20.4 Å². The van der Waals surface area contributed by atoms with Gasteiger partial charge in [0, 0.05) is 58.1 Å². The molecule has 0 spiro atoms. The van der Waals surface area contributed by atoms with Crippen LogP contribution in [0, 0.1) is 0 Å². The lowest BCUT2D eigenvalue weighted by molar-refractivity contribution is 0.167. The third-order valence-electron chi connectivity index (χ3n) is 5.52. The molecule has 3 heterocycles. The molecule has 7 heteroatoms. The number of halogens is 1. The number of piperidine rings is 1. The summed E-state index contributed by atoms with van der Waals surface area (Å²) in [6.07, 6.45) is 6.82. The summed E-state index contributed by atoms with van der Waals surface area (Å²) >= 11 is 0. The topological polar surface area (TPSA) is 55.8 Å². The summed E-state index contributed by atoms with van der Waals surface area (Å²) in [6.45, 7) is 9.91. The molecule has 0 amide bonds. The second kappa shape index (κ2) is 11.0. The maximum atomic E-state index is 4.53. The predicted octanol–water partition coefficient (Wildman–Crippen LogP) is 2.84. The minimum atomic E-state index is 0. The van der Waals surface area contributed by atoms with E-state index in [0.717, 1.165) is 44.5 Å². The molecule has 0 aromatic carbocycles. The van der Waals surface area contributed by atoms with Gasteiger partial charge in [-0.3, -0.25) is 4.99 Å². The lowest BCUT2D eigenvalue weighted by Crippen LogP contribution is -2.49. The van der Waals surface area contributed by atoms with E-state index in [2.05, 4.69) is 56.4 Å². The fourth-order valence-corrected chi connectivity index (χ4v) is 3.82. The summed E-state index contributed by atoms with van der Waals surface area (Å²) in [5.74, 6) is 2.00. The third kappa shape index (κ3) is 6.48. The average Bonchev–Trinajstić information content (AvgIpc) is 3.20. The standard InChI is InChI=1S/C20H34N6.HI/c1-16(2)25-12-7-18(8-13-25)24-20(21-3)23-15-17-6-9-22-19(14-17)26-10-4-5-11-26;/h6,9,14,16,18H,4-5,7-8,10-13,15H2,1-3H3,(H2,21,23,24);1H. The van der Waals surface area contributed by atoms with Crippen LogP contribution in [-0.4, -0.2) is 61.2 Å². The monoisotopic (exact) mass is 486 g/mol. The number of hydrogen-bond acceptors (Lipinski definition) is 4. The predicted molar refractivity (Wildman–Crippen MR) is 124 cm³/mol. The Kier molecular flexibility index (Phi) is 9.08. The number of guanidine groups is 1. The van der Waals surface area contributed by atoms with Gasteiger partial charge in [0.15, 0.2) is 5.96 Å². The van der Waals surface area contributed by atoms with Gasteiger partial charge in [0.05, 0.1) is 0 Å². The van der Waals surface area contributed by atoms with Crippen molar-refractivity contribution >= 4 is 35.8 Å². The number of rotatable bonds is 5. The molecule has 152 valence electrons. The molecule has 0 unspecified atom stereocenters. The Bertz CT molecular complexity index is 592. The lowest BCUT2D eigenvalue weighted by atomic mass is 10.0. The molecule has 0 radical (unpaired) electrons. The highest BCUT2D eigenvalue weighted by atomic mass is 127. The summed E-state index contributed by atoms with van der Waals surface area (Å²) in [4.78, 5) is 13.9. The average molecular weight is 486 g/mol. The van der Waals surface area contributed by atoms with Crippen molar-refractivity contribution in [2.45, 2.75) is 58.2 Å². The maximum absolute atomic E-state index is 4.53. The van der Waals surface area contributed by atoms with E-state index in [9.17, 15) is 0 Å². The number of likely N-dealkylation sites (tertiary alicyclic amines) is 1. The second-order valence-corrected chi connectivity index (χ2v) is 7.69. The van der Waals surface area contributed by atoms with E-state index in [0.29, 0.717) is 12.1 Å². The fraction of sp³-hybridized carbons (Fsp3) is 0.700. The summed E-state index contributed by atoms with van der Waals surface area (Å²) < 4.78 is 0. The van der Waals surface area contributed by atoms with Gasteiger partial charge >= 0.3 is 0 Å². The molecule has 1 aromatic heterocycles. The van der Waals surface area contributed by atoms with Gasteiger partial charge in [-0.15, -0.1) is 24.0 Å². The number of anilines is 1. The quantitative estimate of drug-likeness (QED) is 0.381. The zero-order valence-corrected chi connectivity index (χ0v) is 19.3. The smallest absolute Gasteiger partial charge is 0.191 e. The van der Waals surface area contributed by atoms with Gasteiger partial charge in [-0.25, -0.2) is 4.98 Å². The number of nitrogens with one attached hydrogen (secondary N) is 2. The van der Waals surface area contributed by atoms with Crippen molar-refractivity contribution in [1.82, 2.24) is 20.5 Å². The molecule has 2 fully saturated rings. The molecule has 1 aromatic rings. The van der Waals surface area contributed by atoms with Crippen molar-refractivity contribution in [3.63, 3.8) is 0 Å². The van der Waals surface area contributed by atoms with Crippen LogP contribution in [-0.2, 0) is 6.54 Å². The molecule has 0 saturated carbocycles. The number of hydrogen-bond donors (Lipinski definition) is 2. The van der Waals surface area contributed by atoms with E-state index in [1.54, 1.807) is 0 Å². The zero-order chi connectivity index (χ0) is 18.4. The first kappa shape index (κ1) is 22.2. The Morgan fingerprint density at radius 2 is 1.93 bits per heavy atom. The summed E-state index contributed by atoms with van der Waals surface area (Å²) in [6, 6.07) is 5.44. The van der Waals surface area contributed by atoms with Crippen LogP contribution >= 0.6 is 24.0 Å². The van der Waals surface area contributed by atoms with Crippen LogP contribution < -0.4 is 15.5 Å². The first-order valence-corrected chi connectivity index (χ1v) is 10.1. The van der Waals surface area contributed by atoms with Gasteiger partial charge in [0.25, 0.3) is 0 Å². The van der Waals surface area contributed by atoms with Crippen LogP contribution in [0.25, 0.3) is 0 Å². The van der Waals surface area contributed by atoms with E-state index in [1.807, 2.05) is 13.2 Å². The van der Waals surface area contributed by atoms with E-state index in [-0.39, 0.29) is 24.0 Å². The molecular formula is C20H35IN6. The van der Waals surface area contributed by atoms with Crippen LogP contribution in [0.4, 0.5) is 5.82 Å². The van der Waals surface area contributed by atoms with Gasteiger partial charge in [-0.1, -0.05) is 0 Å². The van der Waals surface area contributed by atoms with E-state index >= 15 is 0 Å². The van der Waals surface area contributed by atoms with Crippen LogP contribution in [0.3, 0.4) is 0 Å². The van der Waals surface area contributed by atoms with Gasteiger partial charge in [-0.2, -0.15) is 0 Å². The van der Waals surface area contributed by atoms with E-state index in [1.165, 1.54) is 31.2 Å². The largest absolute Gasteiger partial charge is 0.357 e. The Balaban J connectivity index is 0.00000261.